The van der Waals surface area contributed by atoms with E-state index in [1.54, 1.807) is 0 Å². The first-order valence-electron chi connectivity index (χ1n) is 14.5. The Morgan fingerprint density at radius 3 is 0.750 bits per heavy atom. The van der Waals surface area contributed by atoms with Crippen molar-refractivity contribution < 1.29 is 5.11 Å². The molecule has 0 amide bonds. The van der Waals surface area contributed by atoms with E-state index >= 15 is 0 Å². The average Bonchev–Trinajstić information content (AvgIpc) is 2.75. The van der Waals surface area contributed by atoms with E-state index in [0.29, 0.717) is 6.61 Å². The molecule has 194 valence electrons. The molecule has 0 bridgehead atoms. The summed E-state index contributed by atoms with van der Waals surface area (Å²) in [6.07, 6.45) is 34.8. The fourth-order valence-corrected chi connectivity index (χ4v) is 6.29. The zero-order valence-electron chi connectivity index (χ0n) is 21.8. The summed E-state index contributed by atoms with van der Waals surface area (Å²) in [6, 6.07) is 1.06. The molecule has 0 spiro atoms. The molecule has 0 fully saturated rings. The summed E-state index contributed by atoms with van der Waals surface area (Å²) in [4.78, 5) is 0. The van der Waals surface area contributed by atoms with Crippen molar-refractivity contribution in [1.29, 1.82) is 0 Å². The quantitative estimate of drug-likeness (QED) is 0.0663. The Morgan fingerprint density at radius 2 is 0.562 bits per heavy atom. The van der Waals surface area contributed by atoms with Crippen LogP contribution in [0.2, 0.25) is 12.6 Å². The second-order valence-corrected chi connectivity index (χ2v) is 18.6. The lowest BCUT2D eigenvalue weighted by atomic mass is 10.0. The summed E-state index contributed by atoms with van der Waals surface area (Å²) in [5.74, 6) is 0. The molecule has 0 unspecified atom stereocenters. The van der Waals surface area contributed by atoms with E-state index < -0.39 is 6.69 Å². The van der Waals surface area contributed by atoms with Crippen LogP contribution in [0.15, 0.2) is 0 Å². The zero-order valence-corrected chi connectivity index (χ0v) is 24.3. The van der Waals surface area contributed by atoms with E-state index in [2.05, 4.69) is 0 Å². The summed E-state index contributed by atoms with van der Waals surface area (Å²) < 4.78 is 0. The minimum atomic E-state index is -1.84. The van der Waals surface area contributed by atoms with Crippen LogP contribution in [0.1, 0.15) is 161 Å². The lowest BCUT2D eigenvalue weighted by Gasteiger charge is -2.09. The molecule has 4 heteroatoms. The topological polar surface area (TPSA) is 20.2 Å². The van der Waals surface area contributed by atoms with Gasteiger partial charge in [0.15, 0.2) is 0 Å². The molecular formula is C28H58Cl2OSi. The van der Waals surface area contributed by atoms with Crippen molar-refractivity contribution >= 4 is 28.9 Å². The Labute approximate surface area is 213 Å². The third-order valence-corrected chi connectivity index (χ3v) is 9.14. The standard InChI is InChI=1S/C28H58Cl2OSi/c1-32(29,30)28-26-24-22-20-18-16-14-12-10-8-6-4-2-3-5-7-9-11-13-15-17-19-21-23-25-27-31/h31H,2-28H2,1H3. The third kappa shape index (κ3) is 30.8. The zero-order chi connectivity index (χ0) is 23.6. The molecule has 0 aliphatic rings. The molecule has 1 N–H and O–H groups in total. The Balaban J connectivity index is 3.02. The highest BCUT2D eigenvalue weighted by Crippen LogP contribution is 2.23. The van der Waals surface area contributed by atoms with E-state index in [0.717, 1.165) is 12.5 Å². The van der Waals surface area contributed by atoms with Gasteiger partial charge in [-0.3, -0.25) is 0 Å². The summed E-state index contributed by atoms with van der Waals surface area (Å²) in [5, 5.41) is 8.76. The summed E-state index contributed by atoms with van der Waals surface area (Å²) >= 11 is 12.3. The first kappa shape index (κ1) is 32.8. The Kier molecular flexibility index (Phi) is 27.0. The van der Waals surface area contributed by atoms with E-state index in [9.17, 15) is 0 Å². The highest BCUT2D eigenvalue weighted by atomic mass is 35.7. The predicted octanol–water partition coefficient (Wildman–Crippen LogP) is 11.3. The van der Waals surface area contributed by atoms with Crippen molar-refractivity contribution in [2.45, 2.75) is 173 Å². The van der Waals surface area contributed by atoms with Gasteiger partial charge < -0.3 is 5.11 Å². The van der Waals surface area contributed by atoms with Gasteiger partial charge in [-0.2, -0.15) is 0 Å². The molecule has 0 heterocycles. The molecule has 1 nitrogen and oxygen atoms in total. The number of aliphatic hydroxyl groups excluding tert-OH is 1. The summed E-state index contributed by atoms with van der Waals surface area (Å²) in [6.45, 7) is 0.565. The minimum absolute atomic E-state index is 0.369. The van der Waals surface area contributed by atoms with Gasteiger partial charge in [-0.25, -0.2) is 0 Å². The monoisotopic (exact) mass is 508 g/mol. The molecule has 0 saturated heterocycles. The number of hydrogen-bond donors (Lipinski definition) is 1. The van der Waals surface area contributed by atoms with Gasteiger partial charge in [0.1, 0.15) is 0 Å². The Morgan fingerprint density at radius 1 is 0.375 bits per heavy atom. The van der Waals surface area contributed by atoms with E-state index in [1.807, 2.05) is 6.55 Å². The molecular weight excluding hydrogens is 451 g/mol. The molecule has 0 aliphatic carbocycles. The Hall–Kier alpha value is 0.757. The molecule has 0 aromatic heterocycles. The van der Waals surface area contributed by atoms with Crippen LogP contribution in [0.3, 0.4) is 0 Å². The molecule has 0 radical (unpaired) electrons. The van der Waals surface area contributed by atoms with Gasteiger partial charge in [-0.1, -0.05) is 154 Å². The summed E-state index contributed by atoms with van der Waals surface area (Å²) in [7, 11) is 0. The molecule has 0 atom stereocenters. The van der Waals surface area contributed by atoms with Crippen molar-refractivity contribution in [1.82, 2.24) is 0 Å². The largest absolute Gasteiger partial charge is 0.396 e. The van der Waals surface area contributed by atoms with Gasteiger partial charge in [0.2, 0.25) is 6.69 Å². The van der Waals surface area contributed by atoms with Crippen LogP contribution in [0.25, 0.3) is 0 Å². The molecule has 0 rings (SSSR count). The van der Waals surface area contributed by atoms with Gasteiger partial charge in [-0.05, 0) is 19.0 Å². The molecule has 0 aromatic carbocycles. The smallest absolute Gasteiger partial charge is 0.248 e. The van der Waals surface area contributed by atoms with Crippen molar-refractivity contribution in [3.63, 3.8) is 0 Å². The third-order valence-electron chi connectivity index (χ3n) is 6.77. The van der Waals surface area contributed by atoms with Gasteiger partial charge in [0.05, 0.1) is 0 Å². The average molecular weight is 510 g/mol. The SMILES string of the molecule is C[Si](Cl)(Cl)CCCCCCCCCCCCCCCCCCCCCCCCCCCO. The van der Waals surface area contributed by atoms with Crippen molar-refractivity contribution in [3.05, 3.63) is 0 Å². The highest BCUT2D eigenvalue weighted by molar-refractivity contribution is 7.44. The molecule has 32 heavy (non-hydrogen) atoms. The fraction of sp³-hybridized carbons (Fsp3) is 1.00. The molecule has 0 saturated carbocycles. The number of hydrogen-bond acceptors (Lipinski definition) is 1. The second kappa shape index (κ2) is 26.4. The van der Waals surface area contributed by atoms with Crippen molar-refractivity contribution in [3.8, 4) is 0 Å². The van der Waals surface area contributed by atoms with Crippen LogP contribution in [0.5, 0.6) is 0 Å². The minimum Gasteiger partial charge on any atom is -0.396 e. The van der Waals surface area contributed by atoms with E-state index in [4.69, 9.17) is 27.3 Å². The van der Waals surface area contributed by atoms with Gasteiger partial charge >= 0.3 is 0 Å². The maximum absolute atomic E-state index is 8.76. The lowest BCUT2D eigenvalue weighted by molar-refractivity contribution is 0.282. The van der Waals surface area contributed by atoms with Gasteiger partial charge in [-0.15, -0.1) is 22.2 Å². The molecule has 0 aromatic rings. The number of unbranched alkanes of at least 4 members (excludes halogenated alkanes) is 24. The number of halogens is 2. The van der Waals surface area contributed by atoms with Crippen LogP contribution in [0, 0.1) is 0 Å². The van der Waals surface area contributed by atoms with Crippen molar-refractivity contribution in [2.75, 3.05) is 6.61 Å². The van der Waals surface area contributed by atoms with E-state index in [1.165, 1.54) is 154 Å². The predicted molar refractivity (Wildman–Crippen MR) is 151 cm³/mol. The fourth-order valence-electron chi connectivity index (χ4n) is 4.61. The van der Waals surface area contributed by atoms with E-state index in [-0.39, 0.29) is 0 Å². The van der Waals surface area contributed by atoms with Gasteiger partial charge in [0.25, 0.3) is 0 Å². The maximum atomic E-state index is 8.76. The second-order valence-electron chi connectivity index (χ2n) is 10.4. The van der Waals surface area contributed by atoms with Gasteiger partial charge in [0, 0.05) is 6.61 Å². The highest BCUT2D eigenvalue weighted by Gasteiger charge is 2.19. The number of rotatable bonds is 27. The first-order chi connectivity index (χ1) is 15.6. The number of aliphatic hydroxyl groups is 1. The summed E-state index contributed by atoms with van der Waals surface area (Å²) in [5.41, 5.74) is 0. The lowest BCUT2D eigenvalue weighted by Crippen LogP contribution is -2.11. The first-order valence-corrected chi connectivity index (χ1v) is 19.3. The van der Waals surface area contributed by atoms with Crippen LogP contribution in [-0.2, 0) is 0 Å². The van der Waals surface area contributed by atoms with Crippen LogP contribution < -0.4 is 0 Å². The Bertz CT molecular complexity index is 347. The normalized spacial score (nSPS) is 12.0. The van der Waals surface area contributed by atoms with Crippen molar-refractivity contribution in [2.24, 2.45) is 0 Å². The maximum Gasteiger partial charge on any atom is 0.248 e. The van der Waals surface area contributed by atoms with Crippen LogP contribution in [0.4, 0.5) is 0 Å². The van der Waals surface area contributed by atoms with Crippen LogP contribution in [-0.4, -0.2) is 18.4 Å². The molecule has 0 aliphatic heterocycles. The van der Waals surface area contributed by atoms with Crippen LogP contribution >= 0.6 is 22.2 Å².